The Morgan fingerprint density at radius 1 is 1.50 bits per heavy atom. The van der Waals surface area contributed by atoms with Gasteiger partial charge in [0.25, 0.3) is 0 Å². The molecule has 0 fully saturated rings. The third-order valence-electron chi connectivity index (χ3n) is 2.11. The van der Waals surface area contributed by atoms with Crippen molar-refractivity contribution in [1.82, 2.24) is 20.6 Å². The van der Waals surface area contributed by atoms with E-state index in [1.165, 1.54) is 13.3 Å². The molecule has 0 aromatic carbocycles. The first-order valence-electron chi connectivity index (χ1n) is 5.29. The first-order chi connectivity index (χ1) is 8.49. The van der Waals surface area contributed by atoms with Crippen LogP contribution in [0.2, 0.25) is 0 Å². The minimum absolute atomic E-state index is 0.254. The fraction of sp³-hybridized carbons (Fsp3) is 0.400. The van der Waals surface area contributed by atoms with Gasteiger partial charge in [0.2, 0.25) is 17.7 Å². The summed E-state index contributed by atoms with van der Waals surface area (Å²) in [6, 6.07) is -0.776. The maximum absolute atomic E-state index is 11.7. The van der Waals surface area contributed by atoms with Gasteiger partial charge in [-0.3, -0.25) is 14.4 Å². The topological polar surface area (TPSA) is 130 Å². The van der Waals surface area contributed by atoms with E-state index in [4.69, 9.17) is 5.73 Å². The summed E-state index contributed by atoms with van der Waals surface area (Å²) >= 11 is 0. The van der Waals surface area contributed by atoms with E-state index in [0.29, 0.717) is 5.69 Å². The molecule has 0 saturated heterocycles. The molecule has 3 amide bonds. The van der Waals surface area contributed by atoms with Crippen LogP contribution in [0.15, 0.2) is 12.5 Å². The number of carbonyl (C=O) groups is 3. The fourth-order valence-electron chi connectivity index (χ4n) is 1.37. The molecule has 0 aliphatic rings. The van der Waals surface area contributed by atoms with Crippen molar-refractivity contribution in [1.29, 1.82) is 0 Å². The van der Waals surface area contributed by atoms with Gasteiger partial charge in [-0.25, -0.2) is 4.98 Å². The summed E-state index contributed by atoms with van der Waals surface area (Å²) in [5, 5.41) is 4.83. The summed E-state index contributed by atoms with van der Waals surface area (Å²) in [5.74, 6) is -1.46. The van der Waals surface area contributed by atoms with Gasteiger partial charge in [-0.05, 0) is 0 Å². The number of imidazole rings is 1. The van der Waals surface area contributed by atoms with Gasteiger partial charge in [0.15, 0.2) is 0 Å². The minimum Gasteiger partial charge on any atom is -0.368 e. The van der Waals surface area contributed by atoms with E-state index in [0.717, 1.165) is 0 Å². The molecule has 1 aromatic rings. The van der Waals surface area contributed by atoms with Gasteiger partial charge in [-0.15, -0.1) is 0 Å². The first kappa shape index (κ1) is 13.7. The Balaban J connectivity index is 2.62. The van der Waals surface area contributed by atoms with Gasteiger partial charge in [0.05, 0.1) is 12.9 Å². The molecule has 0 bridgehead atoms. The standard InChI is InChI=1S/C10H15N5O3/c1-6(16)15-8(2-7-3-12-5-14-7)10(18)13-4-9(11)17/h3,5,8H,2,4H2,1H3,(H2,11,17)(H,12,14)(H,13,18)(H,15,16)/t8-/m0/s1. The Kier molecular flexibility index (Phi) is 4.85. The predicted molar refractivity (Wildman–Crippen MR) is 62.1 cm³/mol. The van der Waals surface area contributed by atoms with Crippen LogP contribution in [0, 0.1) is 0 Å². The SMILES string of the molecule is CC(=O)N[C@@H](Cc1cnc[nH]1)C(=O)NCC(N)=O. The van der Waals surface area contributed by atoms with Crippen LogP contribution < -0.4 is 16.4 Å². The van der Waals surface area contributed by atoms with Crippen molar-refractivity contribution in [2.75, 3.05) is 6.54 Å². The number of hydrogen-bond acceptors (Lipinski definition) is 4. The van der Waals surface area contributed by atoms with E-state index in [9.17, 15) is 14.4 Å². The van der Waals surface area contributed by atoms with Gasteiger partial charge in [-0.1, -0.05) is 0 Å². The number of primary amides is 1. The predicted octanol–water partition coefficient (Wildman–Crippen LogP) is -1.94. The number of nitrogens with zero attached hydrogens (tertiary/aromatic N) is 1. The van der Waals surface area contributed by atoms with Crippen molar-refractivity contribution in [3.63, 3.8) is 0 Å². The first-order valence-corrected chi connectivity index (χ1v) is 5.29. The lowest BCUT2D eigenvalue weighted by Crippen LogP contribution is -2.49. The molecule has 1 rings (SSSR count). The molecule has 0 spiro atoms. The quantitative estimate of drug-likeness (QED) is 0.469. The number of aromatic nitrogens is 2. The molecule has 0 aliphatic carbocycles. The van der Waals surface area contributed by atoms with Crippen LogP contribution in [0.25, 0.3) is 0 Å². The van der Waals surface area contributed by atoms with Crippen molar-refractivity contribution in [2.45, 2.75) is 19.4 Å². The maximum Gasteiger partial charge on any atom is 0.243 e. The lowest BCUT2D eigenvalue weighted by molar-refractivity contribution is -0.129. The van der Waals surface area contributed by atoms with Crippen molar-refractivity contribution in [3.8, 4) is 0 Å². The Bertz CT molecular complexity index is 429. The molecule has 0 aliphatic heterocycles. The number of amides is 3. The molecule has 0 unspecified atom stereocenters. The van der Waals surface area contributed by atoms with Gasteiger partial charge < -0.3 is 21.4 Å². The third-order valence-corrected chi connectivity index (χ3v) is 2.11. The smallest absolute Gasteiger partial charge is 0.243 e. The third kappa shape index (κ3) is 4.64. The van der Waals surface area contributed by atoms with E-state index in [-0.39, 0.29) is 18.9 Å². The Hall–Kier alpha value is -2.38. The summed E-state index contributed by atoms with van der Waals surface area (Å²) in [6.07, 6.45) is 3.28. The highest BCUT2D eigenvalue weighted by Gasteiger charge is 2.20. The molecule has 0 radical (unpaired) electrons. The van der Waals surface area contributed by atoms with Crippen molar-refractivity contribution in [3.05, 3.63) is 18.2 Å². The molecule has 18 heavy (non-hydrogen) atoms. The summed E-state index contributed by atoms with van der Waals surface area (Å²) in [7, 11) is 0. The lowest BCUT2D eigenvalue weighted by atomic mass is 10.1. The van der Waals surface area contributed by atoms with Crippen LogP contribution in [0.5, 0.6) is 0 Å². The average molecular weight is 253 g/mol. The van der Waals surface area contributed by atoms with Gasteiger partial charge >= 0.3 is 0 Å². The highest BCUT2D eigenvalue weighted by atomic mass is 16.2. The van der Waals surface area contributed by atoms with Crippen LogP contribution in [0.4, 0.5) is 0 Å². The van der Waals surface area contributed by atoms with Gasteiger partial charge in [0.1, 0.15) is 6.04 Å². The molecule has 1 aromatic heterocycles. The van der Waals surface area contributed by atoms with E-state index >= 15 is 0 Å². The number of nitrogens with two attached hydrogens (primary N) is 1. The molecule has 8 nitrogen and oxygen atoms in total. The maximum atomic E-state index is 11.7. The molecular weight excluding hydrogens is 238 g/mol. The van der Waals surface area contributed by atoms with Gasteiger partial charge in [0, 0.05) is 25.2 Å². The summed E-state index contributed by atoms with van der Waals surface area (Å²) < 4.78 is 0. The minimum atomic E-state index is -0.776. The second-order valence-corrected chi connectivity index (χ2v) is 3.72. The van der Waals surface area contributed by atoms with Crippen LogP contribution in [0.3, 0.4) is 0 Å². The van der Waals surface area contributed by atoms with Crippen molar-refractivity contribution in [2.24, 2.45) is 5.73 Å². The highest BCUT2D eigenvalue weighted by molar-refractivity contribution is 5.89. The van der Waals surface area contributed by atoms with Crippen LogP contribution in [-0.4, -0.2) is 40.3 Å². The number of hydrogen-bond donors (Lipinski definition) is 4. The monoisotopic (exact) mass is 253 g/mol. The summed E-state index contributed by atoms with van der Waals surface area (Å²) in [4.78, 5) is 40.0. The molecule has 1 atom stereocenters. The van der Waals surface area contributed by atoms with Crippen molar-refractivity contribution >= 4 is 17.7 Å². The summed E-state index contributed by atoms with van der Waals surface area (Å²) in [6.45, 7) is 1.04. The van der Waals surface area contributed by atoms with Crippen LogP contribution in [-0.2, 0) is 20.8 Å². The zero-order valence-corrected chi connectivity index (χ0v) is 9.90. The molecule has 98 valence electrons. The lowest BCUT2D eigenvalue weighted by Gasteiger charge is -2.16. The molecule has 8 heteroatoms. The van der Waals surface area contributed by atoms with Crippen molar-refractivity contribution < 1.29 is 14.4 Å². The molecule has 1 heterocycles. The number of rotatable bonds is 6. The number of aromatic amines is 1. The van der Waals surface area contributed by atoms with Crippen LogP contribution >= 0.6 is 0 Å². The Morgan fingerprint density at radius 3 is 2.72 bits per heavy atom. The van der Waals surface area contributed by atoms with E-state index in [1.807, 2.05) is 0 Å². The zero-order valence-electron chi connectivity index (χ0n) is 9.90. The van der Waals surface area contributed by atoms with E-state index < -0.39 is 17.9 Å². The zero-order chi connectivity index (χ0) is 13.5. The Labute approximate surface area is 103 Å². The average Bonchev–Trinajstić information content (AvgIpc) is 2.77. The highest BCUT2D eigenvalue weighted by Crippen LogP contribution is 1.98. The van der Waals surface area contributed by atoms with E-state index in [2.05, 4.69) is 20.6 Å². The number of nitrogens with one attached hydrogen (secondary N) is 3. The molecule has 0 saturated carbocycles. The number of carbonyl (C=O) groups excluding carboxylic acids is 3. The Morgan fingerprint density at radius 2 is 2.22 bits per heavy atom. The number of H-pyrrole nitrogens is 1. The second-order valence-electron chi connectivity index (χ2n) is 3.72. The van der Waals surface area contributed by atoms with E-state index in [1.54, 1.807) is 6.20 Å². The molecule has 5 N–H and O–H groups in total. The van der Waals surface area contributed by atoms with Crippen LogP contribution in [0.1, 0.15) is 12.6 Å². The summed E-state index contributed by atoms with van der Waals surface area (Å²) in [5.41, 5.74) is 5.62. The van der Waals surface area contributed by atoms with Gasteiger partial charge in [-0.2, -0.15) is 0 Å². The fourth-order valence-corrected chi connectivity index (χ4v) is 1.37. The second kappa shape index (κ2) is 6.38. The molecular formula is C10H15N5O3. The normalized spacial score (nSPS) is 11.6. The largest absolute Gasteiger partial charge is 0.368 e.